The number of benzene rings is 1. The van der Waals surface area contributed by atoms with Crippen LogP contribution in [-0.2, 0) is 0 Å². The Labute approximate surface area is 145 Å². The fourth-order valence-corrected chi connectivity index (χ4v) is 4.31. The van der Waals surface area contributed by atoms with Gasteiger partial charge < -0.3 is 0 Å². The second kappa shape index (κ2) is 7.64. The zero-order valence-corrected chi connectivity index (χ0v) is 14.3. The van der Waals surface area contributed by atoms with E-state index < -0.39 is 17.5 Å². The van der Waals surface area contributed by atoms with Gasteiger partial charge in [-0.3, -0.25) is 0 Å². The van der Waals surface area contributed by atoms with Crippen molar-refractivity contribution < 1.29 is 16.0 Å². The van der Waals surface area contributed by atoms with Gasteiger partial charge in [-0.05, 0) is 68.4 Å². The van der Waals surface area contributed by atoms with Gasteiger partial charge in [0.25, 0.3) is 0 Å². The smallest absolute Gasteiger partial charge is 0.194 e. The van der Waals surface area contributed by atoms with E-state index in [1.54, 1.807) is 0 Å². The summed E-state index contributed by atoms with van der Waals surface area (Å²) in [5.41, 5.74) is 0.217. The molecule has 3 heteroatoms. The number of rotatable bonds is 1. The van der Waals surface area contributed by atoms with E-state index in [1.807, 2.05) is 0 Å². The van der Waals surface area contributed by atoms with Gasteiger partial charge in [0.2, 0.25) is 0 Å². The molecule has 0 atom stereocenters. The molecule has 0 spiro atoms. The summed E-state index contributed by atoms with van der Waals surface area (Å²) < 4.78 is 39.4. The molecule has 0 amide bonds. The molecule has 2 saturated carbocycles. The lowest BCUT2D eigenvalue weighted by molar-refractivity contribution is 0.162. The van der Waals surface area contributed by atoms with Crippen molar-refractivity contribution in [3.05, 3.63) is 35.1 Å². The van der Waals surface area contributed by atoms with Crippen LogP contribution >= 0.6 is 0 Å². The third kappa shape index (κ3) is 4.15. The highest BCUT2D eigenvalue weighted by Gasteiger charge is 2.29. The van der Waals surface area contributed by atoms with E-state index in [1.165, 1.54) is 38.5 Å². The van der Waals surface area contributed by atoms with Gasteiger partial charge in [0.15, 0.2) is 17.5 Å². The van der Waals surface area contributed by atoms with Gasteiger partial charge in [-0.2, -0.15) is 0 Å². The Bertz CT molecular complexity index is 611. The summed E-state index contributed by atoms with van der Waals surface area (Å²) >= 11 is 0. The number of hydrogen-bond donors (Lipinski definition) is 0. The Hall–Kier alpha value is -1.43. The third-order valence-electron chi connectivity index (χ3n) is 5.90. The van der Waals surface area contributed by atoms with Gasteiger partial charge in [-0.15, -0.1) is 0 Å². The first-order valence-corrected chi connectivity index (χ1v) is 9.19. The lowest BCUT2D eigenvalue weighted by atomic mass is 9.69. The standard InChI is InChI=1S/C21H25F3.2H2/c1-14-2-8-17(9-3-14)18-10-6-15(7-11-18)4-5-16-12-19(22)21(24)20(23)13-16;;/h12-15,17-18H,2-3,6-11H2,1H3;2*1H. The molecule has 134 valence electrons. The van der Waals surface area contributed by atoms with Crippen molar-refractivity contribution in [3.63, 3.8) is 0 Å². The summed E-state index contributed by atoms with van der Waals surface area (Å²) in [7, 11) is 0. The minimum atomic E-state index is -1.43. The molecule has 0 radical (unpaired) electrons. The maximum Gasteiger partial charge on any atom is 0.194 e. The Morgan fingerprint density at radius 1 is 0.833 bits per heavy atom. The van der Waals surface area contributed by atoms with Crippen molar-refractivity contribution in [3.8, 4) is 11.8 Å². The average molecular weight is 338 g/mol. The van der Waals surface area contributed by atoms with Crippen LogP contribution in [0.5, 0.6) is 0 Å². The van der Waals surface area contributed by atoms with Crippen LogP contribution in [-0.4, -0.2) is 0 Å². The van der Waals surface area contributed by atoms with Crippen LogP contribution in [0.2, 0.25) is 0 Å². The van der Waals surface area contributed by atoms with Gasteiger partial charge in [-0.25, -0.2) is 13.2 Å². The maximum absolute atomic E-state index is 13.2. The van der Waals surface area contributed by atoms with Crippen LogP contribution in [0.4, 0.5) is 13.2 Å². The SMILES string of the molecule is CC1CCC(C2CCC(C#Cc3cc(F)c(F)c(F)c3)CC2)CC1.[HH].[HH]. The predicted octanol–water partition coefficient (Wildman–Crippen LogP) is 6.58. The van der Waals surface area contributed by atoms with Crippen LogP contribution in [0, 0.1) is 53.0 Å². The van der Waals surface area contributed by atoms with Crippen molar-refractivity contribution in [2.45, 2.75) is 58.3 Å². The lowest BCUT2D eigenvalue weighted by Crippen LogP contribution is -2.24. The predicted molar refractivity (Wildman–Crippen MR) is 94.0 cm³/mol. The maximum atomic E-state index is 13.2. The first kappa shape index (κ1) is 17.4. The summed E-state index contributed by atoms with van der Waals surface area (Å²) in [6.45, 7) is 2.35. The Kier molecular flexibility index (Phi) is 5.54. The largest absolute Gasteiger partial charge is 0.204 e. The van der Waals surface area contributed by atoms with E-state index in [9.17, 15) is 13.2 Å². The van der Waals surface area contributed by atoms with Gasteiger partial charge in [-0.1, -0.05) is 31.6 Å². The fraction of sp³-hybridized carbons (Fsp3) is 0.619. The molecule has 0 unspecified atom stereocenters. The van der Waals surface area contributed by atoms with Gasteiger partial charge in [0, 0.05) is 14.3 Å². The van der Waals surface area contributed by atoms with Gasteiger partial charge in [0.05, 0.1) is 0 Å². The van der Waals surface area contributed by atoms with Gasteiger partial charge >= 0.3 is 0 Å². The van der Waals surface area contributed by atoms with Crippen molar-refractivity contribution in [1.82, 2.24) is 0 Å². The summed E-state index contributed by atoms with van der Waals surface area (Å²) in [6.07, 6.45) is 10.0. The Morgan fingerprint density at radius 3 is 1.88 bits per heavy atom. The molecule has 1 aromatic rings. The summed E-state index contributed by atoms with van der Waals surface area (Å²) in [6, 6.07) is 1.94. The molecule has 2 fully saturated rings. The number of hydrogen-bond acceptors (Lipinski definition) is 0. The summed E-state index contributed by atoms with van der Waals surface area (Å²) in [5, 5.41) is 0. The average Bonchev–Trinajstić information content (AvgIpc) is 2.59. The zero-order chi connectivity index (χ0) is 17.1. The van der Waals surface area contributed by atoms with E-state index in [4.69, 9.17) is 0 Å². The molecule has 2 aliphatic rings. The van der Waals surface area contributed by atoms with Gasteiger partial charge in [0.1, 0.15) is 0 Å². The van der Waals surface area contributed by atoms with E-state index >= 15 is 0 Å². The van der Waals surface area contributed by atoms with E-state index in [2.05, 4.69) is 18.8 Å². The van der Waals surface area contributed by atoms with Crippen LogP contribution in [0.1, 0.15) is 66.7 Å². The highest BCUT2D eigenvalue weighted by atomic mass is 19.2. The topological polar surface area (TPSA) is 0 Å². The van der Waals surface area contributed by atoms with Crippen molar-refractivity contribution in [1.29, 1.82) is 0 Å². The van der Waals surface area contributed by atoms with Crippen molar-refractivity contribution in [2.24, 2.45) is 23.7 Å². The molecule has 0 saturated heterocycles. The highest BCUT2D eigenvalue weighted by Crippen LogP contribution is 2.41. The Morgan fingerprint density at radius 2 is 1.33 bits per heavy atom. The van der Waals surface area contributed by atoms with Crippen LogP contribution in [0.25, 0.3) is 0 Å². The molecule has 2 aliphatic carbocycles. The minimum absolute atomic E-state index is 0. The van der Waals surface area contributed by atoms with E-state index in [-0.39, 0.29) is 8.42 Å². The van der Waals surface area contributed by atoms with E-state index in [0.717, 1.165) is 42.7 Å². The molecule has 3 rings (SSSR count). The highest BCUT2D eigenvalue weighted by molar-refractivity contribution is 5.35. The summed E-state index contributed by atoms with van der Waals surface area (Å²) in [4.78, 5) is 0. The molecule has 0 nitrogen and oxygen atoms in total. The fourth-order valence-electron chi connectivity index (χ4n) is 4.31. The zero-order valence-electron chi connectivity index (χ0n) is 14.3. The molecule has 24 heavy (non-hydrogen) atoms. The molecule has 0 heterocycles. The molecule has 0 N–H and O–H groups in total. The second-order valence-corrected chi connectivity index (χ2v) is 7.65. The minimum Gasteiger partial charge on any atom is -0.204 e. The Balaban J connectivity index is 0.00000169. The second-order valence-electron chi connectivity index (χ2n) is 7.65. The monoisotopic (exact) mass is 338 g/mol. The van der Waals surface area contributed by atoms with E-state index in [0.29, 0.717) is 5.92 Å². The molecular weight excluding hydrogens is 309 g/mol. The van der Waals surface area contributed by atoms with Crippen molar-refractivity contribution in [2.75, 3.05) is 0 Å². The van der Waals surface area contributed by atoms with Crippen LogP contribution in [0.3, 0.4) is 0 Å². The van der Waals surface area contributed by atoms with Crippen molar-refractivity contribution >= 4 is 0 Å². The number of halogens is 3. The molecule has 0 aromatic heterocycles. The summed E-state index contributed by atoms with van der Waals surface area (Å²) in [5.74, 6) is 5.09. The lowest BCUT2D eigenvalue weighted by Gasteiger charge is -2.36. The molecule has 0 bridgehead atoms. The first-order valence-electron chi connectivity index (χ1n) is 9.19. The third-order valence-corrected chi connectivity index (χ3v) is 5.90. The normalized spacial score (nSPS) is 30.5. The molecule has 1 aromatic carbocycles. The molecular formula is C21H29F3. The van der Waals surface area contributed by atoms with Crippen LogP contribution < -0.4 is 0 Å². The molecule has 0 aliphatic heterocycles. The van der Waals surface area contributed by atoms with Crippen LogP contribution in [0.15, 0.2) is 12.1 Å². The quantitative estimate of drug-likeness (QED) is 0.401. The first-order chi connectivity index (χ1) is 11.5.